The van der Waals surface area contributed by atoms with Crippen molar-refractivity contribution in [3.63, 3.8) is 0 Å². The van der Waals surface area contributed by atoms with E-state index in [0.717, 1.165) is 18.2 Å². The molecule has 2 atom stereocenters. The van der Waals surface area contributed by atoms with Crippen LogP contribution in [0.3, 0.4) is 0 Å². The lowest BCUT2D eigenvalue weighted by Crippen LogP contribution is -2.53. The summed E-state index contributed by atoms with van der Waals surface area (Å²) in [6, 6.07) is -2.81. The van der Waals surface area contributed by atoms with Crippen LogP contribution in [0.2, 0.25) is 0 Å². The summed E-state index contributed by atoms with van der Waals surface area (Å²) in [7, 11) is 0. The van der Waals surface area contributed by atoms with Gasteiger partial charge in [0, 0.05) is 25.2 Å². The summed E-state index contributed by atoms with van der Waals surface area (Å²) in [4.78, 5) is 56.8. The van der Waals surface area contributed by atoms with Crippen molar-refractivity contribution < 1.29 is 34.2 Å². The van der Waals surface area contributed by atoms with Gasteiger partial charge in [0.05, 0.1) is 0 Å². The second kappa shape index (κ2) is 7.84. The number of hydrogen-bond acceptors (Lipinski definition) is 6. The van der Waals surface area contributed by atoms with Crippen LogP contribution in [0.1, 0.15) is 0 Å². The summed E-state index contributed by atoms with van der Waals surface area (Å²) in [5.41, 5.74) is 0. The molecule has 1 aliphatic rings. The molecule has 124 valence electrons. The fourth-order valence-electron chi connectivity index (χ4n) is 1.80. The largest absolute Gasteiger partial charge is 0.480 e. The molecular formula is C13H15N3O7. The van der Waals surface area contributed by atoms with E-state index < -0.39 is 41.7 Å². The van der Waals surface area contributed by atoms with E-state index in [1.807, 2.05) is 0 Å². The van der Waals surface area contributed by atoms with E-state index in [-0.39, 0.29) is 13.1 Å². The molecule has 0 spiro atoms. The summed E-state index contributed by atoms with van der Waals surface area (Å²) in [5, 5.41) is 22.7. The Hall–Kier alpha value is -3.01. The summed E-state index contributed by atoms with van der Waals surface area (Å²) in [5.74, 6) is -5.00. The third-order valence-corrected chi connectivity index (χ3v) is 2.93. The summed E-state index contributed by atoms with van der Waals surface area (Å²) in [6.07, 6.45) is 2.79. The van der Waals surface area contributed by atoms with Crippen LogP contribution in [-0.2, 0) is 24.0 Å². The number of nitrogens with zero attached hydrogens (tertiary/aromatic N) is 1. The van der Waals surface area contributed by atoms with Gasteiger partial charge in [-0.05, 0) is 6.08 Å². The Labute approximate surface area is 130 Å². The quantitative estimate of drug-likeness (QED) is 0.273. The van der Waals surface area contributed by atoms with Crippen molar-refractivity contribution in [1.29, 1.82) is 0 Å². The minimum absolute atomic E-state index is 0.303. The molecule has 1 heterocycles. The zero-order valence-electron chi connectivity index (χ0n) is 11.9. The molecule has 23 heavy (non-hydrogen) atoms. The highest BCUT2D eigenvalue weighted by Crippen LogP contribution is 2.09. The lowest BCUT2D eigenvalue weighted by molar-refractivity contribution is -0.153. The van der Waals surface area contributed by atoms with Crippen LogP contribution in [0.25, 0.3) is 0 Å². The second-order valence-corrected chi connectivity index (χ2v) is 4.50. The Balaban J connectivity index is 2.65. The molecule has 0 fully saturated rings. The zero-order chi connectivity index (χ0) is 17.6. The topological polar surface area (TPSA) is 153 Å². The summed E-state index contributed by atoms with van der Waals surface area (Å²) < 4.78 is 0. The predicted molar refractivity (Wildman–Crippen MR) is 75.1 cm³/mol. The van der Waals surface area contributed by atoms with Crippen LogP contribution in [0.4, 0.5) is 0 Å². The third-order valence-electron chi connectivity index (χ3n) is 2.93. The van der Waals surface area contributed by atoms with Crippen LogP contribution in [-0.4, -0.2) is 69.9 Å². The van der Waals surface area contributed by atoms with Gasteiger partial charge in [0.15, 0.2) is 0 Å². The minimum Gasteiger partial charge on any atom is -0.480 e. The normalized spacial score (nSPS) is 16.1. The van der Waals surface area contributed by atoms with Crippen molar-refractivity contribution in [3.8, 4) is 0 Å². The number of carboxylic acid groups (broad SMARTS) is 2. The number of amides is 3. The predicted octanol–water partition coefficient (Wildman–Crippen LogP) is -2.29. The first-order chi connectivity index (χ1) is 10.8. The van der Waals surface area contributed by atoms with E-state index in [1.54, 1.807) is 0 Å². The van der Waals surface area contributed by atoms with Crippen molar-refractivity contribution in [2.24, 2.45) is 0 Å². The molecule has 10 heteroatoms. The number of rotatable bonds is 9. The van der Waals surface area contributed by atoms with Crippen molar-refractivity contribution in [1.82, 2.24) is 15.5 Å². The highest BCUT2D eigenvalue weighted by atomic mass is 16.4. The molecule has 0 saturated carbocycles. The molecule has 0 aromatic carbocycles. The Morgan fingerprint density at radius 2 is 1.70 bits per heavy atom. The molecule has 1 aliphatic heterocycles. The lowest BCUT2D eigenvalue weighted by atomic mass is 10.2. The molecular weight excluding hydrogens is 310 g/mol. The highest BCUT2D eigenvalue weighted by molar-refractivity contribution is 6.14. The standard InChI is InChI=1S/C13H15N3O7/c1-2-9(17)15-7(12(20)21)5-14-6-8(13(22)23)16-10(18)3-4-11(16)19/h2-4,7-8,14H,1,5-6H2,(H,15,17)(H,20,21)(H,22,23). The molecule has 0 aromatic rings. The van der Waals surface area contributed by atoms with Crippen LogP contribution in [0.15, 0.2) is 24.8 Å². The first-order valence-corrected chi connectivity index (χ1v) is 6.42. The molecule has 0 saturated heterocycles. The Bertz CT molecular complexity index is 566. The van der Waals surface area contributed by atoms with Gasteiger partial charge in [-0.1, -0.05) is 6.58 Å². The zero-order valence-corrected chi connectivity index (χ0v) is 11.9. The molecule has 0 aromatic heterocycles. The first-order valence-electron chi connectivity index (χ1n) is 6.42. The van der Waals surface area contributed by atoms with Gasteiger partial charge in [-0.25, -0.2) is 9.59 Å². The van der Waals surface area contributed by atoms with E-state index in [4.69, 9.17) is 10.2 Å². The Kier molecular flexibility index (Phi) is 6.15. The maximum atomic E-state index is 11.5. The van der Waals surface area contributed by atoms with Gasteiger partial charge < -0.3 is 20.8 Å². The fourth-order valence-corrected chi connectivity index (χ4v) is 1.80. The molecule has 10 nitrogen and oxygen atoms in total. The lowest BCUT2D eigenvalue weighted by Gasteiger charge is -2.23. The number of aliphatic carboxylic acids is 2. The van der Waals surface area contributed by atoms with Crippen molar-refractivity contribution >= 4 is 29.7 Å². The molecule has 4 N–H and O–H groups in total. The average molecular weight is 325 g/mol. The summed E-state index contributed by atoms with van der Waals surface area (Å²) in [6.45, 7) is 2.51. The van der Waals surface area contributed by atoms with Crippen LogP contribution in [0, 0.1) is 0 Å². The maximum Gasteiger partial charge on any atom is 0.328 e. The van der Waals surface area contributed by atoms with E-state index >= 15 is 0 Å². The van der Waals surface area contributed by atoms with Crippen molar-refractivity contribution in [2.75, 3.05) is 13.1 Å². The fraction of sp³-hybridized carbons (Fsp3) is 0.308. The average Bonchev–Trinajstić information content (AvgIpc) is 2.81. The maximum absolute atomic E-state index is 11.5. The Morgan fingerprint density at radius 1 is 1.13 bits per heavy atom. The van der Waals surface area contributed by atoms with Crippen molar-refractivity contribution in [3.05, 3.63) is 24.8 Å². The van der Waals surface area contributed by atoms with Gasteiger partial charge in [-0.15, -0.1) is 0 Å². The molecule has 0 radical (unpaired) electrons. The Morgan fingerprint density at radius 3 is 2.13 bits per heavy atom. The molecule has 0 bridgehead atoms. The first kappa shape index (κ1) is 18.0. The number of carboxylic acids is 2. The van der Waals surface area contributed by atoms with Gasteiger partial charge in [-0.3, -0.25) is 19.3 Å². The number of imide groups is 1. The van der Waals surface area contributed by atoms with Crippen LogP contribution < -0.4 is 10.6 Å². The highest BCUT2D eigenvalue weighted by Gasteiger charge is 2.35. The monoisotopic (exact) mass is 325 g/mol. The SMILES string of the molecule is C=CC(=O)NC(CNCC(C(=O)O)N1C(=O)C=CC1=O)C(=O)O. The smallest absolute Gasteiger partial charge is 0.328 e. The number of hydrogen-bond donors (Lipinski definition) is 4. The van der Waals surface area contributed by atoms with Gasteiger partial charge in [0.1, 0.15) is 12.1 Å². The third kappa shape index (κ3) is 4.74. The van der Waals surface area contributed by atoms with Gasteiger partial charge in [0.25, 0.3) is 11.8 Å². The number of nitrogens with one attached hydrogen (secondary N) is 2. The minimum atomic E-state index is -1.49. The van der Waals surface area contributed by atoms with Gasteiger partial charge in [-0.2, -0.15) is 0 Å². The van der Waals surface area contributed by atoms with E-state index in [2.05, 4.69) is 17.2 Å². The number of carbonyl (C=O) groups excluding carboxylic acids is 3. The molecule has 1 rings (SSSR count). The van der Waals surface area contributed by atoms with Gasteiger partial charge >= 0.3 is 11.9 Å². The number of carbonyl (C=O) groups is 5. The van der Waals surface area contributed by atoms with Gasteiger partial charge in [0.2, 0.25) is 5.91 Å². The van der Waals surface area contributed by atoms with Crippen molar-refractivity contribution in [2.45, 2.75) is 12.1 Å². The molecule has 3 amide bonds. The van der Waals surface area contributed by atoms with E-state index in [0.29, 0.717) is 4.90 Å². The van der Waals surface area contributed by atoms with E-state index in [1.165, 1.54) is 0 Å². The molecule has 2 unspecified atom stereocenters. The second-order valence-electron chi connectivity index (χ2n) is 4.50. The van der Waals surface area contributed by atoms with E-state index in [9.17, 15) is 24.0 Å². The van der Waals surface area contributed by atoms with Crippen LogP contribution in [0.5, 0.6) is 0 Å². The van der Waals surface area contributed by atoms with Crippen LogP contribution >= 0.6 is 0 Å². The molecule has 0 aliphatic carbocycles. The summed E-state index contributed by atoms with van der Waals surface area (Å²) >= 11 is 0.